The monoisotopic (exact) mass is 522 g/mol. The van der Waals surface area contributed by atoms with E-state index in [0.29, 0.717) is 6.79 Å². The van der Waals surface area contributed by atoms with Gasteiger partial charge in [0.05, 0.1) is 12.2 Å². The van der Waals surface area contributed by atoms with Crippen LogP contribution in [-0.2, 0) is 18.6 Å². The molecule has 1 heterocycles. The van der Waals surface area contributed by atoms with Gasteiger partial charge in [-0.05, 0) is 49.5 Å². The van der Waals surface area contributed by atoms with Crippen LogP contribution in [0.4, 0.5) is 0 Å². The summed E-state index contributed by atoms with van der Waals surface area (Å²) in [4.78, 5) is 0. The third-order valence-corrected chi connectivity index (χ3v) is 13.8. The van der Waals surface area contributed by atoms with Gasteiger partial charge in [0.2, 0.25) is 0 Å². The number of rotatable bonds is 17. The second kappa shape index (κ2) is 13.9. The Balaban J connectivity index is 1.69. The Morgan fingerprint density at radius 2 is 1.54 bits per heavy atom. The average Bonchev–Trinajstić information content (AvgIpc) is 3.55. The summed E-state index contributed by atoms with van der Waals surface area (Å²) in [6.45, 7) is 22.2. The summed E-state index contributed by atoms with van der Waals surface area (Å²) in [6.07, 6.45) is 7.90. The van der Waals surface area contributed by atoms with Crippen LogP contribution in [0, 0.1) is 0 Å². The van der Waals surface area contributed by atoms with Crippen molar-refractivity contribution >= 4 is 16.4 Å². The van der Waals surface area contributed by atoms with Crippen molar-refractivity contribution in [1.82, 2.24) is 0 Å². The number of ether oxygens (including phenoxy) is 3. The van der Waals surface area contributed by atoms with Crippen LogP contribution in [0.3, 0.4) is 0 Å². The van der Waals surface area contributed by atoms with E-state index in [-0.39, 0.29) is 29.5 Å². The minimum absolute atomic E-state index is 0.191. The zero-order valence-electron chi connectivity index (χ0n) is 24.2. The van der Waals surface area contributed by atoms with Crippen molar-refractivity contribution in [2.75, 3.05) is 13.4 Å². The predicted octanol–water partition coefficient (Wildman–Crippen LogP) is 8.57. The predicted molar refractivity (Wildman–Crippen MR) is 153 cm³/mol. The maximum atomic E-state index is 6.89. The lowest BCUT2D eigenvalue weighted by Gasteiger charge is -2.39. The Morgan fingerprint density at radius 3 is 2.14 bits per heavy atom. The van der Waals surface area contributed by atoms with Crippen LogP contribution >= 0.6 is 0 Å². The standard InChI is InChI=1S/C29H54O4Si2/c1-24(31-23-30-21-22-34(5,6)7)17-13-10-11-16-20-26(33-35(8,9)29(2,3)4)28-27(32-28)25-18-14-12-15-19-25/h12,14-15,18-19,24,26-28H,10-11,13,16-17,20-23H2,1-9H3/t24-,26-,27?,28?/m1/s1. The molecule has 0 radical (unpaired) electrons. The van der Waals surface area contributed by atoms with Crippen molar-refractivity contribution in [3.05, 3.63) is 35.9 Å². The molecule has 0 spiro atoms. The zero-order valence-corrected chi connectivity index (χ0v) is 26.2. The van der Waals surface area contributed by atoms with Crippen LogP contribution < -0.4 is 0 Å². The fraction of sp³-hybridized carbons (Fsp3) is 0.793. The molecule has 6 heteroatoms. The van der Waals surface area contributed by atoms with Crippen molar-refractivity contribution in [1.29, 1.82) is 0 Å². The molecule has 0 N–H and O–H groups in total. The Morgan fingerprint density at radius 1 is 0.914 bits per heavy atom. The van der Waals surface area contributed by atoms with Crippen molar-refractivity contribution in [3.8, 4) is 0 Å². The molecule has 2 rings (SSSR count). The van der Waals surface area contributed by atoms with Gasteiger partial charge >= 0.3 is 0 Å². The molecule has 0 saturated carbocycles. The van der Waals surface area contributed by atoms with E-state index in [1.807, 2.05) is 0 Å². The summed E-state index contributed by atoms with van der Waals surface area (Å²) in [5.74, 6) is 0. The molecule has 1 saturated heterocycles. The molecule has 1 fully saturated rings. The number of hydrogen-bond acceptors (Lipinski definition) is 4. The molecule has 35 heavy (non-hydrogen) atoms. The minimum Gasteiger partial charge on any atom is -0.411 e. The number of benzene rings is 1. The summed E-state index contributed by atoms with van der Waals surface area (Å²) in [6, 6.07) is 11.8. The SMILES string of the molecule is C[C@H](CCCCCC[C@@H](O[Si](C)(C)C(C)(C)C)C1OC1c1ccccc1)OCOCC[Si](C)(C)C. The van der Waals surface area contributed by atoms with Crippen LogP contribution in [0.15, 0.2) is 30.3 Å². The molecule has 4 atom stereocenters. The lowest BCUT2D eigenvalue weighted by Crippen LogP contribution is -2.45. The van der Waals surface area contributed by atoms with E-state index in [1.165, 1.54) is 37.3 Å². The Labute approximate surface area is 218 Å². The average molecular weight is 523 g/mol. The van der Waals surface area contributed by atoms with Gasteiger partial charge in [-0.25, -0.2) is 0 Å². The van der Waals surface area contributed by atoms with E-state index in [4.69, 9.17) is 18.6 Å². The summed E-state index contributed by atoms with van der Waals surface area (Å²) in [5.41, 5.74) is 1.28. The minimum atomic E-state index is -1.85. The summed E-state index contributed by atoms with van der Waals surface area (Å²) < 4.78 is 24.6. The molecule has 1 aliphatic rings. The molecule has 2 unspecified atom stereocenters. The maximum absolute atomic E-state index is 6.89. The zero-order chi connectivity index (χ0) is 26.1. The molecule has 0 aromatic heterocycles. The number of hydrogen-bond donors (Lipinski definition) is 0. The molecule has 0 amide bonds. The summed E-state index contributed by atoms with van der Waals surface area (Å²) in [5, 5.41) is 0.205. The molecule has 0 aliphatic carbocycles. The second-order valence-corrected chi connectivity index (χ2v) is 23.5. The van der Waals surface area contributed by atoms with Crippen LogP contribution in [-0.4, -0.2) is 48.1 Å². The van der Waals surface area contributed by atoms with Gasteiger partial charge in [0, 0.05) is 14.7 Å². The van der Waals surface area contributed by atoms with Crippen molar-refractivity contribution < 1.29 is 18.6 Å². The van der Waals surface area contributed by atoms with Gasteiger partial charge in [-0.3, -0.25) is 0 Å². The first-order valence-corrected chi connectivity index (χ1v) is 20.5. The van der Waals surface area contributed by atoms with Crippen molar-refractivity contribution in [2.24, 2.45) is 0 Å². The lowest BCUT2D eigenvalue weighted by atomic mass is 10.0. The highest BCUT2D eigenvalue weighted by molar-refractivity contribution is 6.76. The highest BCUT2D eigenvalue weighted by atomic mass is 28.4. The van der Waals surface area contributed by atoms with Gasteiger partial charge in [0.15, 0.2) is 8.32 Å². The quantitative estimate of drug-likeness (QED) is 0.0889. The Hall–Kier alpha value is -0.506. The lowest BCUT2D eigenvalue weighted by molar-refractivity contribution is -0.0828. The van der Waals surface area contributed by atoms with E-state index in [2.05, 4.69) is 90.8 Å². The Kier molecular flexibility index (Phi) is 12.2. The first-order chi connectivity index (χ1) is 16.3. The van der Waals surface area contributed by atoms with Crippen molar-refractivity contribution in [2.45, 2.75) is 134 Å². The summed E-state index contributed by atoms with van der Waals surface area (Å²) >= 11 is 0. The highest BCUT2D eigenvalue weighted by Crippen LogP contribution is 2.46. The molecule has 0 bridgehead atoms. The third-order valence-electron chi connectivity index (χ3n) is 7.55. The number of unbranched alkanes of at least 4 members (excludes halogenated alkanes) is 3. The first-order valence-electron chi connectivity index (χ1n) is 13.9. The molecular formula is C29H54O4Si2. The summed E-state index contributed by atoms with van der Waals surface area (Å²) in [7, 11) is -2.87. The van der Waals surface area contributed by atoms with Crippen LogP contribution in [0.2, 0.25) is 43.8 Å². The molecular weight excluding hydrogens is 468 g/mol. The van der Waals surface area contributed by atoms with E-state index in [9.17, 15) is 0 Å². The van der Waals surface area contributed by atoms with Crippen molar-refractivity contribution in [3.63, 3.8) is 0 Å². The molecule has 4 nitrogen and oxygen atoms in total. The van der Waals surface area contributed by atoms with E-state index in [1.54, 1.807) is 0 Å². The molecule has 1 aromatic rings. The second-order valence-electron chi connectivity index (χ2n) is 13.2. The van der Waals surface area contributed by atoms with Crippen LogP contribution in [0.5, 0.6) is 0 Å². The topological polar surface area (TPSA) is 40.2 Å². The first kappa shape index (κ1) is 30.7. The maximum Gasteiger partial charge on any atom is 0.192 e. The van der Waals surface area contributed by atoms with Gasteiger partial charge in [-0.1, -0.05) is 96.4 Å². The molecule has 202 valence electrons. The smallest absolute Gasteiger partial charge is 0.192 e. The largest absolute Gasteiger partial charge is 0.411 e. The fourth-order valence-corrected chi connectivity index (χ4v) is 6.10. The van der Waals surface area contributed by atoms with Gasteiger partial charge in [-0.2, -0.15) is 0 Å². The molecule has 1 aliphatic heterocycles. The van der Waals surface area contributed by atoms with Crippen LogP contribution in [0.25, 0.3) is 0 Å². The van der Waals surface area contributed by atoms with Gasteiger partial charge in [0.1, 0.15) is 19.0 Å². The van der Waals surface area contributed by atoms with E-state index >= 15 is 0 Å². The van der Waals surface area contributed by atoms with E-state index < -0.39 is 16.4 Å². The molecule has 1 aromatic carbocycles. The fourth-order valence-electron chi connectivity index (χ4n) is 3.98. The van der Waals surface area contributed by atoms with Gasteiger partial charge < -0.3 is 18.6 Å². The van der Waals surface area contributed by atoms with Gasteiger partial charge in [0.25, 0.3) is 0 Å². The normalized spacial score (nSPS) is 20.6. The Bertz CT molecular complexity index is 712. The van der Waals surface area contributed by atoms with Gasteiger partial charge in [-0.15, -0.1) is 0 Å². The van der Waals surface area contributed by atoms with E-state index in [0.717, 1.165) is 19.4 Å². The third kappa shape index (κ3) is 11.6. The highest BCUT2D eigenvalue weighted by Gasteiger charge is 2.49. The van der Waals surface area contributed by atoms with Crippen LogP contribution in [0.1, 0.15) is 77.9 Å². The number of epoxide rings is 1.